The smallest absolute Gasteiger partial charge is 0.272 e. The molecule has 1 aromatic heterocycles. The molecule has 1 heterocycles. The molecule has 0 aromatic carbocycles. The molecule has 0 saturated carbocycles. The normalized spacial score (nSPS) is 13.6. The molecule has 0 bridgehead atoms. The highest BCUT2D eigenvalue weighted by atomic mass is 16.2. The van der Waals surface area contributed by atoms with Crippen molar-refractivity contribution in [2.75, 3.05) is 25.0 Å². The Morgan fingerprint density at radius 2 is 2.05 bits per heavy atom. The van der Waals surface area contributed by atoms with E-state index in [1.165, 1.54) is 0 Å². The summed E-state index contributed by atoms with van der Waals surface area (Å²) in [7, 11) is 0. The zero-order valence-electron chi connectivity index (χ0n) is 13.6. The van der Waals surface area contributed by atoms with Gasteiger partial charge in [0.25, 0.3) is 5.91 Å². The number of nitrogens with one attached hydrogen (secondary N) is 1. The molecule has 118 valence electrons. The van der Waals surface area contributed by atoms with Crippen LogP contribution in [-0.2, 0) is 0 Å². The van der Waals surface area contributed by atoms with Crippen LogP contribution in [0.4, 0.5) is 5.69 Å². The van der Waals surface area contributed by atoms with E-state index in [0.29, 0.717) is 25.3 Å². The summed E-state index contributed by atoms with van der Waals surface area (Å²) in [5.74, 6) is -0.0272. The van der Waals surface area contributed by atoms with Gasteiger partial charge in [0.1, 0.15) is 5.69 Å². The molecular weight excluding hydrogens is 264 g/mol. The third-order valence-electron chi connectivity index (χ3n) is 3.95. The Kier molecular flexibility index (Phi) is 6.62. The number of carbonyl (C=O) groups excluding carboxylic acids is 1. The largest absolute Gasteiger partial charge is 0.380 e. The summed E-state index contributed by atoms with van der Waals surface area (Å²) >= 11 is 0. The Morgan fingerprint density at radius 3 is 2.57 bits per heavy atom. The van der Waals surface area contributed by atoms with Gasteiger partial charge in [0.15, 0.2) is 0 Å². The number of amides is 1. The number of hydrogen-bond donors (Lipinski definition) is 2. The van der Waals surface area contributed by atoms with Gasteiger partial charge in [-0.2, -0.15) is 0 Å². The fourth-order valence-corrected chi connectivity index (χ4v) is 2.29. The number of hydrogen-bond acceptors (Lipinski definition) is 4. The quantitative estimate of drug-likeness (QED) is 0.772. The summed E-state index contributed by atoms with van der Waals surface area (Å²) in [6, 6.07) is 3.72. The van der Waals surface area contributed by atoms with Gasteiger partial charge < -0.3 is 16.0 Å². The first-order valence-electron chi connectivity index (χ1n) is 7.73. The molecule has 5 heteroatoms. The number of rotatable bonds is 8. The van der Waals surface area contributed by atoms with Gasteiger partial charge in [-0.15, -0.1) is 0 Å². The van der Waals surface area contributed by atoms with Crippen molar-refractivity contribution < 1.29 is 4.79 Å². The van der Waals surface area contributed by atoms with Gasteiger partial charge in [-0.05, 0) is 52.3 Å². The summed E-state index contributed by atoms with van der Waals surface area (Å²) in [5, 5.41) is 3.49. The lowest BCUT2D eigenvalue weighted by molar-refractivity contribution is 0.0767. The van der Waals surface area contributed by atoms with Crippen LogP contribution in [0.3, 0.4) is 0 Å². The van der Waals surface area contributed by atoms with E-state index >= 15 is 0 Å². The molecule has 0 radical (unpaired) electrons. The van der Waals surface area contributed by atoms with Crippen LogP contribution >= 0.6 is 0 Å². The zero-order valence-corrected chi connectivity index (χ0v) is 13.6. The predicted molar refractivity (Wildman–Crippen MR) is 87.5 cm³/mol. The Hall–Kier alpha value is -1.62. The molecule has 1 aromatic rings. The van der Waals surface area contributed by atoms with Crippen LogP contribution in [0.25, 0.3) is 0 Å². The minimum Gasteiger partial charge on any atom is -0.380 e. The maximum absolute atomic E-state index is 12.3. The Bertz CT molecular complexity index is 459. The van der Waals surface area contributed by atoms with Gasteiger partial charge >= 0.3 is 0 Å². The monoisotopic (exact) mass is 292 g/mol. The summed E-state index contributed by atoms with van der Waals surface area (Å²) in [5.41, 5.74) is 7.02. The second-order valence-corrected chi connectivity index (χ2v) is 5.49. The van der Waals surface area contributed by atoms with E-state index in [9.17, 15) is 4.79 Å². The zero-order chi connectivity index (χ0) is 15.9. The Balaban J connectivity index is 2.92. The molecule has 1 unspecified atom stereocenters. The lowest BCUT2D eigenvalue weighted by Gasteiger charge is -2.30. The second kappa shape index (κ2) is 7.98. The maximum atomic E-state index is 12.3. The van der Waals surface area contributed by atoms with Crippen molar-refractivity contribution in [1.29, 1.82) is 0 Å². The molecule has 0 aliphatic carbocycles. The molecule has 5 nitrogen and oxygen atoms in total. The second-order valence-electron chi connectivity index (χ2n) is 5.49. The fraction of sp³-hybridized carbons (Fsp3) is 0.625. The van der Waals surface area contributed by atoms with E-state index in [2.05, 4.69) is 24.1 Å². The van der Waals surface area contributed by atoms with Crippen molar-refractivity contribution in [1.82, 2.24) is 9.88 Å². The minimum atomic E-state index is -0.0639. The number of nitrogens with two attached hydrogens (primary N) is 1. The third kappa shape index (κ3) is 4.70. The summed E-state index contributed by atoms with van der Waals surface area (Å²) in [4.78, 5) is 18.3. The highest BCUT2D eigenvalue weighted by molar-refractivity contribution is 5.93. The number of pyridine rings is 1. The van der Waals surface area contributed by atoms with Gasteiger partial charge in [0, 0.05) is 30.5 Å². The minimum absolute atomic E-state index is 0.0272. The van der Waals surface area contributed by atoms with Crippen LogP contribution in [-0.4, -0.2) is 41.0 Å². The van der Waals surface area contributed by atoms with Crippen molar-refractivity contribution >= 4 is 11.6 Å². The molecule has 1 atom stereocenters. The van der Waals surface area contributed by atoms with Crippen LogP contribution in [0.5, 0.6) is 0 Å². The highest BCUT2D eigenvalue weighted by Crippen LogP contribution is 2.21. The van der Waals surface area contributed by atoms with Gasteiger partial charge in [-0.25, -0.2) is 0 Å². The third-order valence-corrected chi connectivity index (χ3v) is 3.95. The van der Waals surface area contributed by atoms with Crippen LogP contribution in [0.15, 0.2) is 18.3 Å². The first-order valence-corrected chi connectivity index (χ1v) is 7.73. The lowest BCUT2D eigenvalue weighted by Crippen LogP contribution is -2.36. The van der Waals surface area contributed by atoms with Crippen molar-refractivity contribution in [3.05, 3.63) is 24.0 Å². The molecule has 3 N–H and O–H groups in total. The lowest BCUT2D eigenvalue weighted by atomic mass is 9.94. The number of carbonyl (C=O) groups is 1. The molecule has 0 aliphatic heterocycles. The number of aromatic nitrogens is 1. The Morgan fingerprint density at radius 1 is 1.38 bits per heavy atom. The number of anilines is 1. The molecule has 0 aliphatic rings. The van der Waals surface area contributed by atoms with Gasteiger partial charge in [-0.3, -0.25) is 9.78 Å². The summed E-state index contributed by atoms with van der Waals surface area (Å²) < 4.78 is 0. The van der Waals surface area contributed by atoms with Crippen molar-refractivity contribution in [3.63, 3.8) is 0 Å². The predicted octanol–water partition coefficient (Wildman–Crippen LogP) is 2.49. The highest BCUT2D eigenvalue weighted by Gasteiger charge is 2.21. The standard InChI is InChI=1S/C16H28N4O/c1-5-16(4,9-10-17)19-13-8-11-18-14(12-13)15(21)20(6-2)7-3/h8,11-12H,5-7,9-10,17H2,1-4H3,(H,18,19). The van der Waals surface area contributed by atoms with E-state index in [1.807, 2.05) is 26.0 Å². The summed E-state index contributed by atoms with van der Waals surface area (Å²) in [6.45, 7) is 10.2. The molecular formula is C16H28N4O. The topological polar surface area (TPSA) is 71.2 Å². The van der Waals surface area contributed by atoms with Crippen molar-refractivity contribution in [3.8, 4) is 0 Å². The SMILES string of the molecule is CCN(CC)C(=O)c1cc(NC(C)(CC)CCN)ccn1. The maximum Gasteiger partial charge on any atom is 0.272 e. The van der Waals surface area contributed by atoms with Crippen LogP contribution in [0.1, 0.15) is 51.0 Å². The van der Waals surface area contributed by atoms with E-state index in [1.54, 1.807) is 11.1 Å². The molecule has 1 amide bonds. The van der Waals surface area contributed by atoms with E-state index in [4.69, 9.17) is 5.73 Å². The first kappa shape index (κ1) is 17.4. The van der Waals surface area contributed by atoms with E-state index in [0.717, 1.165) is 18.5 Å². The first-order chi connectivity index (χ1) is 9.99. The van der Waals surface area contributed by atoms with Crippen LogP contribution in [0.2, 0.25) is 0 Å². The van der Waals surface area contributed by atoms with Gasteiger partial charge in [0.2, 0.25) is 0 Å². The van der Waals surface area contributed by atoms with Crippen LogP contribution < -0.4 is 11.1 Å². The Labute approximate surface area is 127 Å². The van der Waals surface area contributed by atoms with Crippen molar-refractivity contribution in [2.45, 2.75) is 46.1 Å². The fourth-order valence-electron chi connectivity index (χ4n) is 2.29. The molecule has 21 heavy (non-hydrogen) atoms. The average Bonchev–Trinajstić information content (AvgIpc) is 2.49. The number of nitrogens with zero attached hydrogens (tertiary/aromatic N) is 2. The summed E-state index contributed by atoms with van der Waals surface area (Å²) in [6.07, 6.45) is 3.52. The van der Waals surface area contributed by atoms with Gasteiger partial charge in [-0.1, -0.05) is 6.92 Å². The molecule has 0 fully saturated rings. The average molecular weight is 292 g/mol. The van der Waals surface area contributed by atoms with E-state index in [-0.39, 0.29) is 11.4 Å². The molecule has 0 saturated heterocycles. The van der Waals surface area contributed by atoms with Crippen molar-refractivity contribution in [2.24, 2.45) is 5.73 Å². The molecule has 1 rings (SSSR count). The van der Waals surface area contributed by atoms with Gasteiger partial charge in [0.05, 0.1) is 0 Å². The van der Waals surface area contributed by atoms with Crippen LogP contribution in [0, 0.1) is 0 Å². The molecule has 0 spiro atoms. The van der Waals surface area contributed by atoms with E-state index < -0.39 is 0 Å².